The molecule has 0 unspecified atom stereocenters. The van der Waals surface area contributed by atoms with Gasteiger partial charge in [-0.15, -0.1) is 0 Å². The predicted octanol–water partition coefficient (Wildman–Crippen LogP) is 7.03. The summed E-state index contributed by atoms with van der Waals surface area (Å²) in [6.45, 7) is 18.3. The molecule has 7 nitrogen and oxygen atoms in total. The van der Waals surface area contributed by atoms with E-state index in [9.17, 15) is 19.2 Å². The van der Waals surface area contributed by atoms with Crippen molar-refractivity contribution in [1.29, 1.82) is 0 Å². The first kappa shape index (κ1) is 31.0. The Balaban J connectivity index is 1.79. The number of hydrogen-bond acceptors (Lipinski definition) is 7. The Morgan fingerprint density at radius 1 is 0.786 bits per heavy atom. The van der Waals surface area contributed by atoms with Crippen LogP contribution in [0.3, 0.4) is 0 Å². The summed E-state index contributed by atoms with van der Waals surface area (Å²) in [5, 5.41) is 0. The van der Waals surface area contributed by atoms with Crippen molar-refractivity contribution in [2.75, 3.05) is 7.11 Å². The smallest absolute Gasteiger partial charge is 0.315 e. The fourth-order valence-corrected chi connectivity index (χ4v) is 10.6. The van der Waals surface area contributed by atoms with Gasteiger partial charge in [0, 0.05) is 35.7 Å². The van der Waals surface area contributed by atoms with Crippen molar-refractivity contribution in [1.82, 2.24) is 0 Å². The van der Waals surface area contributed by atoms with E-state index in [0.29, 0.717) is 37.7 Å². The van der Waals surface area contributed by atoms with E-state index >= 15 is 0 Å². The number of Topliss-reactive ketones (excluding diaryl/α,β-unsaturated/α-hetero) is 1. The van der Waals surface area contributed by atoms with Gasteiger partial charge >= 0.3 is 17.9 Å². The lowest BCUT2D eigenvalue weighted by Gasteiger charge is -2.67. The summed E-state index contributed by atoms with van der Waals surface area (Å²) in [5.74, 6) is -0.995. The number of ether oxygens (including phenoxy) is 3. The Hall–Kier alpha value is -2.44. The van der Waals surface area contributed by atoms with Crippen LogP contribution in [0.25, 0.3) is 0 Å². The summed E-state index contributed by atoms with van der Waals surface area (Å²) in [4.78, 5) is 53.3. The highest BCUT2D eigenvalue weighted by Crippen LogP contribution is 2.75. The number of methoxy groups -OCH3 is 1. The van der Waals surface area contributed by atoms with Crippen LogP contribution >= 0.6 is 0 Å². The standard InChI is InChI=1S/C35H50O7/c1-20(36)41-24-12-13-32(7)23(31(24,5)6)11-14-34(9)28(32)27(42-21(2)37)26(38)25-22-19-30(3,4)15-17-35(22,29(39)40-10)18-16-33(25,34)8/h23-24H,11-19H2,1-10H3/t23-,24-,32-,33+,34+,35-/m0/s1. The summed E-state index contributed by atoms with van der Waals surface area (Å²) in [7, 11) is 1.44. The van der Waals surface area contributed by atoms with Crippen molar-refractivity contribution in [2.24, 2.45) is 38.4 Å². The topological polar surface area (TPSA) is 96.0 Å². The van der Waals surface area contributed by atoms with Crippen LogP contribution in [0, 0.1) is 38.4 Å². The fraction of sp³-hybridized carbons (Fsp3) is 0.771. The Morgan fingerprint density at radius 2 is 1.43 bits per heavy atom. The molecule has 3 saturated carbocycles. The zero-order valence-electron chi connectivity index (χ0n) is 27.4. The Bertz CT molecular complexity index is 1320. The SMILES string of the molecule is COC(=O)[C@]12CCC(C)(C)CC1=C1C(=O)C(OC(C)=O)=C3[C@@]4(C)CC[C@H](OC(C)=O)C(C)(C)[C@@H]4CC[C@@]3(C)[C@]1(C)CC2. The first-order valence-electron chi connectivity index (χ1n) is 15.8. The zero-order chi connectivity index (χ0) is 31.3. The van der Waals surface area contributed by atoms with E-state index in [2.05, 4.69) is 48.5 Å². The van der Waals surface area contributed by atoms with Gasteiger partial charge in [-0.25, -0.2) is 0 Å². The van der Waals surface area contributed by atoms with Crippen LogP contribution < -0.4 is 0 Å². The molecule has 6 atom stereocenters. The van der Waals surface area contributed by atoms with Gasteiger partial charge in [0.05, 0.1) is 12.5 Å². The molecule has 0 aromatic carbocycles. The van der Waals surface area contributed by atoms with E-state index in [1.807, 2.05) is 0 Å². The second-order valence-corrected chi connectivity index (χ2v) is 16.0. The van der Waals surface area contributed by atoms with E-state index in [-0.39, 0.29) is 46.3 Å². The lowest BCUT2D eigenvalue weighted by molar-refractivity contribution is -0.173. The number of carbonyl (C=O) groups excluding carboxylic acids is 4. The van der Waals surface area contributed by atoms with E-state index in [1.165, 1.54) is 21.0 Å². The largest absolute Gasteiger partial charge is 0.468 e. The molecule has 0 saturated heterocycles. The third-order valence-electron chi connectivity index (χ3n) is 12.9. The molecule has 0 aromatic rings. The van der Waals surface area contributed by atoms with Crippen LogP contribution in [0.5, 0.6) is 0 Å². The molecule has 0 N–H and O–H groups in total. The second-order valence-electron chi connectivity index (χ2n) is 16.0. The molecule has 0 spiro atoms. The molecule has 5 aliphatic rings. The van der Waals surface area contributed by atoms with E-state index in [4.69, 9.17) is 14.2 Å². The molecule has 7 heteroatoms. The fourth-order valence-electron chi connectivity index (χ4n) is 10.6. The summed E-state index contributed by atoms with van der Waals surface area (Å²) in [6.07, 6.45) is 6.36. The van der Waals surface area contributed by atoms with Crippen LogP contribution in [0.2, 0.25) is 0 Å². The Kier molecular flexibility index (Phi) is 7.03. The van der Waals surface area contributed by atoms with E-state index in [1.54, 1.807) is 0 Å². The first-order chi connectivity index (χ1) is 19.3. The van der Waals surface area contributed by atoms with E-state index in [0.717, 1.165) is 36.8 Å². The first-order valence-corrected chi connectivity index (χ1v) is 15.8. The highest BCUT2D eigenvalue weighted by molar-refractivity contribution is 6.12. The number of esters is 3. The molecule has 42 heavy (non-hydrogen) atoms. The summed E-state index contributed by atoms with van der Waals surface area (Å²) in [5.41, 5.74) is -0.130. The van der Waals surface area contributed by atoms with Crippen molar-refractivity contribution in [3.8, 4) is 0 Å². The van der Waals surface area contributed by atoms with Crippen LogP contribution in [0.4, 0.5) is 0 Å². The van der Waals surface area contributed by atoms with Gasteiger partial charge in [-0.3, -0.25) is 19.2 Å². The van der Waals surface area contributed by atoms with Gasteiger partial charge in [0.25, 0.3) is 0 Å². The summed E-state index contributed by atoms with van der Waals surface area (Å²) >= 11 is 0. The highest BCUT2D eigenvalue weighted by Gasteiger charge is 2.70. The van der Waals surface area contributed by atoms with Crippen molar-refractivity contribution in [3.63, 3.8) is 0 Å². The molecular weight excluding hydrogens is 532 g/mol. The van der Waals surface area contributed by atoms with Crippen molar-refractivity contribution in [3.05, 3.63) is 22.5 Å². The number of ketones is 1. The van der Waals surface area contributed by atoms with Crippen LogP contribution in [-0.2, 0) is 33.4 Å². The number of fused-ring (bicyclic) bond motifs is 6. The molecule has 5 aliphatic carbocycles. The molecule has 232 valence electrons. The minimum atomic E-state index is -0.824. The minimum Gasteiger partial charge on any atom is -0.468 e. The second kappa shape index (κ2) is 9.53. The molecule has 0 aliphatic heterocycles. The quantitative estimate of drug-likeness (QED) is 0.260. The van der Waals surface area contributed by atoms with Gasteiger partial charge in [-0.2, -0.15) is 0 Å². The lowest BCUT2D eigenvalue weighted by Crippen LogP contribution is -2.62. The maximum atomic E-state index is 15.0. The van der Waals surface area contributed by atoms with Gasteiger partial charge < -0.3 is 14.2 Å². The number of hydrogen-bond donors (Lipinski definition) is 0. The molecular formula is C35H50O7. The van der Waals surface area contributed by atoms with Crippen LogP contribution in [-0.4, -0.2) is 36.9 Å². The molecule has 0 radical (unpaired) electrons. The summed E-state index contributed by atoms with van der Waals surface area (Å²) in [6, 6.07) is 0. The highest BCUT2D eigenvalue weighted by atomic mass is 16.5. The van der Waals surface area contributed by atoms with Crippen LogP contribution in [0.15, 0.2) is 22.5 Å². The van der Waals surface area contributed by atoms with Gasteiger partial charge in [0.1, 0.15) is 6.10 Å². The Morgan fingerprint density at radius 3 is 2.02 bits per heavy atom. The van der Waals surface area contributed by atoms with Gasteiger partial charge in [0.2, 0.25) is 5.78 Å². The molecule has 0 bridgehead atoms. The summed E-state index contributed by atoms with van der Waals surface area (Å²) < 4.78 is 17.3. The third-order valence-corrected chi connectivity index (χ3v) is 12.9. The maximum absolute atomic E-state index is 15.0. The molecule has 0 aromatic heterocycles. The van der Waals surface area contributed by atoms with Crippen molar-refractivity contribution >= 4 is 23.7 Å². The normalized spacial score (nSPS) is 40.2. The average Bonchev–Trinajstić information content (AvgIpc) is 2.87. The van der Waals surface area contributed by atoms with Gasteiger partial charge in [-0.05, 0) is 85.7 Å². The number of allylic oxidation sites excluding steroid dienone is 2. The molecule has 0 amide bonds. The van der Waals surface area contributed by atoms with Crippen molar-refractivity contribution in [2.45, 2.75) is 126 Å². The average molecular weight is 583 g/mol. The third kappa shape index (κ3) is 4.03. The van der Waals surface area contributed by atoms with E-state index < -0.39 is 27.6 Å². The van der Waals surface area contributed by atoms with Crippen LogP contribution in [0.1, 0.15) is 120 Å². The van der Waals surface area contributed by atoms with Gasteiger partial charge in [-0.1, -0.05) is 48.5 Å². The maximum Gasteiger partial charge on any atom is 0.315 e. The predicted molar refractivity (Wildman–Crippen MR) is 158 cm³/mol. The zero-order valence-corrected chi connectivity index (χ0v) is 27.4. The lowest BCUT2D eigenvalue weighted by atomic mass is 9.36. The van der Waals surface area contributed by atoms with Gasteiger partial charge in [0.15, 0.2) is 5.76 Å². The molecule has 5 rings (SSSR count). The number of carbonyl (C=O) groups is 4. The van der Waals surface area contributed by atoms with Crippen molar-refractivity contribution < 1.29 is 33.4 Å². The molecule has 3 fully saturated rings. The minimum absolute atomic E-state index is 0.0758. The number of rotatable bonds is 3. The monoisotopic (exact) mass is 582 g/mol. The molecule has 0 heterocycles. The Labute approximate surface area is 251 Å².